The van der Waals surface area contributed by atoms with Crippen LogP contribution in [0.4, 0.5) is 4.39 Å². The minimum atomic E-state index is -0.704. The first-order valence-electron chi connectivity index (χ1n) is 6.09. The standard InChI is InChI=1S/C14H21FO2/c1-4-14(3,17-5-2)13(16)10-11-8-6-7-9-12(11)15/h6-9,13,16H,4-5,10H2,1-3H3. The lowest BCUT2D eigenvalue weighted by Gasteiger charge is -2.33. The first-order valence-corrected chi connectivity index (χ1v) is 6.09. The molecule has 0 aromatic heterocycles. The number of ether oxygens (including phenoxy) is 1. The number of rotatable bonds is 6. The van der Waals surface area contributed by atoms with Gasteiger partial charge in [-0.15, -0.1) is 0 Å². The molecule has 1 aromatic rings. The lowest BCUT2D eigenvalue weighted by atomic mass is 9.90. The molecule has 0 spiro atoms. The third-order valence-corrected chi connectivity index (χ3v) is 3.25. The molecule has 2 unspecified atom stereocenters. The summed E-state index contributed by atoms with van der Waals surface area (Å²) in [6, 6.07) is 6.52. The number of halogens is 1. The second-order valence-corrected chi connectivity index (χ2v) is 4.41. The van der Waals surface area contributed by atoms with Crippen LogP contribution in [0.15, 0.2) is 24.3 Å². The van der Waals surface area contributed by atoms with Gasteiger partial charge < -0.3 is 9.84 Å². The van der Waals surface area contributed by atoms with Crippen molar-refractivity contribution < 1.29 is 14.2 Å². The van der Waals surface area contributed by atoms with Gasteiger partial charge in [0.1, 0.15) is 5.82 Å². The smallest absolute Gasteiger partial charge is 0.126 e. The Hall–Kier alpha value is -0.930. The number of hydrogen-bond donors (Lipinski definition) is 1. The van der Waals surface area contributed by atoms with E-state index in [-0.39, 0.29) is 12.2 Å². The summed E-state index contributed by atoms with van der Waals surface area (Å²) >= 11 is 0. The first-order chi connectivity index (χ1) is 8.03. The molecule has 1 rings (SSSR count). The highest BCUT2D eigenvalue weighted by molar-refractivity contribution is 5.18. The minimum Gasteiger partial charge on any atom is -0.390 e. The Bertz CT molecular complexity index is 354. The lowest BCUT2D eigenvalue weighted by molar-refractivity contribution is -0.110. The van der Waals surface area contributed by atoms with E-state index in [0.29, 0.717) is 18.6 Å². The van der Waals surface area contributed by atoms with Crippen molar-refractivity contribution in [3.63, 3.8) is 0 Å². The fourth-order valence-electron chi connectivity index (χ4n) is 1.85. The molecule has 2 atom stereocenters. The molecule has 0 saturated heterocycles. The van der Waals surface area contributed by atoms with E-state index >= 15 is 0 Å². The lowest BCUT2D eigenvalue weighted by Crippen LogP contribution is -2.43. The van der Waals surface area contributed by atoms with Crippen LogP contribution in [0.3, 0.4) is 0 Å². The summed E-state index contributed by atoms with van der Waals surface area (Å²) in [6.07, 6.45) is 0.261. The highest BCUT2D eigenvalue weighted by Crippen LogP contribution is 2.23. The summed E-state index contributed by atoms with van der Waals surface area (Å²) in [5, 5.41) is 10.2. The fraction of sp³-hybridized carbons (Fsp3) is 0.571. The number of hydrogen-bond acceptors (Lipinski definition) is 2. The van der Waals surface area contributed by atoms with Crippen LogP contribution in [0.1, 0.15) is 32.8 Å². The summed E-state index contributed by atoms with van der Waals surface area (Å²) < 4.78 is 19.1. The van der Waals surface area contributed by atoms with E-state index in [2.05, 4.69) is 0 Å². The average Bonchev–Trinajstić information content (AvgIpc) is 2.32. The molecular weight excluding hydrogens is 219 g/mol. The monoisotopic (exact) mass is 240 g/mol. The molecule has 1 N–H and O–H groups in total. The van der Waals surface area contributed by atoms with E-state index in [1.807, 2.05) is 20.8 Å². The molecule has 3 heteroatoms. The number of aliphatic hydroxyl groups excluding tert-OH is 1. The molecule has 0 aliphatic carbocycles. The van der Waals surface area contributed by atoms with E-state index in [4.69, 9.17) is 4.74 Å². The Kier molecular flexibility index (Phi) is 5.09. The zero-order chi connectivity index (χ0) is 12.9. The largest absolute Gasteiger partial charge is 0.390 e. The Balaban J connectivity index is 2.77. The zero-order valence-electron chi connectivity index (χ0n) is 10.7. The van der Waals surface area contributed by atoms with Crippen LogP contribution in [0.5, 0.6) is 0 Å². The molecule has 96 valence electrons. The van der Waals surface area contributed by atoms with Crippen molar-refractivity contribution in [3.05, 3.63) is 35.6 Å². The van der Waals surface area contributed by atoms with Crippen LogP contribution in [0, 0.1) is 5.82 Å². The van der Waals surface area contributed by atoms with Gasteiger partial charge in [0.2, 0.25) is 0 Å². The van der Waals surface area contributed by atoms with Crippen molar-refractivity contribution in [3.8, 4) is 0 Å². The third kappa shape index (κ3) is 3.51. The van der Waals surface area contributed by atoms with Crippen molar-refractivity contribution >= 4 is 0 Å². The molecule has 0 radical (unpaired) electrons. The Labute approximate surface area is 102 Å². The van der Waals surface area contributed by atoms with Crippen LogP contribution in [-0.4, -0.2) is 23.4 Å². The van der Waals surface area contributed by atoms with Gasteiger partial charge in [0, 0.05) is 13.0 Å². The molecule has 0 amide bonds. The molecule has 0 bridgehead atoms. The summed E-state index contributed by atoms with van der Waals surface area (Å²) in [5.41, 5.74) is -0.0869. The van der Waals surface area contributed by atoms with Crippen molar-refractivity contribution in [2.75, 3.05) is 6.61 Å². The quantitative estimate of drug-likeness (QED) is 0.828. The van der Waals surface area contributed by atoms with Gasteiger partial charge in [-0.1, -0.05) is 25.1 Å². The molecule has 0 heterocycles. The molecule has 0 fully saturated rings. The summed E-state index contributed by atoms with van der Waals surface area (Å²) in [4.78, 5) is 0. The predicted molar refractivity (Wildman–Crippen MR) is 66.4 cm³/mol. The zero-order valence-corrected chi connectivity index (χ0v) is 10.7. The van der Waals surface area contributed by atoms with Crippen molar-refractivity contribution in [1.82, 2.24) is 0 Å². The SMILES string of the molecule is CCOC(C)(CC)C(O)Cc1ccccc1F. The number of benzene rings is 1. The van der Waals surface area contributed by atoms with Gasteiger partial charge in [0.05, 0.1) is 11.7 Å². The Morgan fingerprint density at radius 3 is 2.53 bits per heavy atom. The molecular formula is C14H21FO2. The van der Waals surface area contributed by atoms with Crippen LogP contribution in [-0.2, 0) is 11.2 Å². The maximum atomic E-state index is 13.5. The van der Waals surface area contributed by atoms with E-state index in [0.717, 1.165) is 0 Å². The van der Waals surface area contributed by atoms with Crippen LogP contribution in [0.25, 0.3) is 0 Å². The second kappa shape index (κ2) is 6.12. The van der Waals surface area contributed by atoms with E-state index in [9.17, 15) is 9.50 Å². The third-order valence-electron chi connectivity index (χ3n) is 3.25. The van der Waals surface area contributed by atoms with Gasteiger partial charge in [0.15, 0.2) is 0 Å². The normalized spacial score (nSPS) is 16.5. The summed E-state index contributed by atoms with van der Waals surface area (Å²) in [7, 11) is 0. The highest BCUT2D eigenvalue weighted by Gasteiger charge is 2.32. The Morgan fingerprint density at radius 1 is 1.35 bits per heavy atom. The van der Waals surface area contributed by atoms with E-state index < -0.39 is 11.7 Å². The van der Waals surface area contributed by atoms with Gasteiger partial charge in [-0.2, -0.15) is 0 Å². The van der Waals surface area contributed by atoms with Crippen LogP contribution < -0.4 is 0 Å². The van der Waals surface area contributed by atoms with Crippen LogP contribution >= 0.6 is 0 Å². The molecule has 0 aliphatic heterocycles. The van der Waals surface area contributed by atoms with Gasteiger partial charge in [-0.3, -0.25) is 0 Å². The van der Waals surface area contributed by atoms with Gasteiger partial charge in [0.25, 0.3) is 0 Å². The highest BCUT2D eigenvalue weighted by atomic mass is 19.1. The van der Waals surface area contributed by atoms with Crippen molar-refractivity contribution in [2.24, 2.45) is 0 Å². The average molecular weight is 240 g/mol. The topological polar surface area (TPSA) is 29.5 Å². The number of aliphatic hydroxyl groups is 1. The maximum absolute atomic E-state index is 13.5. The summed E-state index contributed by atoms with van der Waals surface area (Å²) in [5.74, 6) is -0.276. The second-order valence-electron chi connectivity index (χ2n) is 4.41. The van der Waals surface area contributed by atoms with E-state index in [1.165, 1.54) is 6.07 Å². The molecule has 0 aliphatic rings. The minimum absolute atomic E-state index is 0.275. The molecule has 17 heavy (non-hydrogen) atoms. The van der Waals surface area contributed by atoms with Crippen molar-refractivity contribution in [1.29, 1.82) is 0 Å². The predicted octanol–water partition coefficient (Wildman–Crippen LogP) is 2.93. The van der Waals surface area contributed by atoms with E-state index in [1.54, 1.807) is 18.2 Å². The molecule has 2 nitrogen and oxygen atoms in total. The Morgan fingerprint density at radius 2 is 2.00 bits per heavy atom. The van der Waals surface area contributed by atoms with Crippen molar-refractivity contribution in [2.45, 2.75) is 45.3 Å². The molecule has 0 saturated carbocycles. The fourth-order valence-corrected chi connectivity index (χ4v) is 1.85. The van der Waals surface area contributed by atoms with Crippen LogP contribution in [0.2, 0.25) is 0 Å². The summed E-state index contributed by atoms with van der Waals surface area (Å²) in [6.45, 7) is 6.25. The van der Waals surface area contributed by atoms with Gasteiger partial charge >= 0.3 is 0 Å². The van der Waals surface area contributed by atoms with Gasteiger partial charge in [-0.05, 0) is 31.9 Å². The first kappa shape index (κ1) is 14.1. The van der Waals surface area contributed by atoms with Gasteiger partial charge in [-0.25, -0.2) is 4.39 Å². The molecule has 1 aromatic carbocycles. The maximum Gasteiger partial charge on any atom is 0.126 e.